The molecule has 0 aliphatic rings. The molecule has 0 nitrogen and oxygen atoms in total. The fourth-order valence-corrected chi connectivity index (χ4v) is 1.81. The SMILES string of the molecule is [Na+].[c-]1cccc2cc3ccccc3cc12. The summed E-state index contributed by atoms with van der Waals surface area (Å²) in [5, 5.41) is 5.01. The Hall–Kier alpha value is -0.820. The minimum atomic E-state index is 0. The summed E-state index contributed by atoms with van der Waals surface area (Å²) in [5.74, 6) is 0. The van der Waals surface area contributed by atoms with Crippen LogP contribution in [0.3, 0.4) is 0 Å². The van der Waals surface area contributed by atoms with Crippen molar-refractivity contribution in [2.75, 3.05) is 0 Å². The minimum absolute atomic E-state index is 0. The van der Waals surface area contributed by atoms with Crippen molar-refractivity contribution in [3.05, 3.63) is 60.7 Å². The number of benzene rings is 3. The molecule has 3 aromatic carbocycles. The third kappa shape index (κ3) is 1.93. The predicted octanol–water partition coefficient (Wildman–Crippen LogP) is 0.797. The largest absolute Gasteiger partial charge is 1.00 e. The predicted molar refractivity (Wildman–Crippen MR) is 60.3 cm³/mol. The van der Waals surface area contributed by atoms with Crippen LogP contribution in [0.2, 0.25) is 0 Å². The molecule has 0 heterocycles. The topological polar surface area (TPSA) is 0 Å². The Morgan fingerprint density at radius 2 is 1.40 bits per heavy atom. The average Bonchev–Trinajstić information content (AvgIpc) is 2.26. The first-order valence-corrected chi connectivity index (χ1v) is 4.73. The summed E-state index contributed by atoms with van der Waals surface area (Å²) in [6, 6.07) is 22.2. The van der Waals surface area contributed by atoms with Gasteiger partial charge in [0.05, 0.1) is 0 Å². The van der Waals surface area contributed by atoms with Gasteiger partial charge in [-0.05, 0) is 5.39 Å². The molecular formula is C14H9Na. The van der Waals surface area contributed by atoms with Crippen LogP contribution in [0, 0.1) is 6.07 Å². The van der Waals surface area contributed by atoms with Gasteiger partial charge < -0.3 is 0 Å². The van der Waals surface area contributed by atoms with Gasteiger partial charge in [-0.3, -0.25) is 0 Å². The molecule has 0 aliphatic carbocycles. The normalized spacial score (nSPS) is 10.1. The first-order valence-electron chi connectivity index (χ1n) is 4.73. The molecule has 0 aromatic heterocycles. The van der Waals surface area contributed by atoms with Crippen molar-refractivity contribution in [3.8, 4) is 0 Å². The Morgan fingerprint density at radius 1 is 0.733 bits per heavy atom. The van der Waals surface area contributed by atoms with Crippen LogP contribution in [-0.2, 0) is 0 Å². The zero-order valence-electron chi connectivity index (χ0n) is 8.70. The van der Waals surface area contributed by atoms with Gasteiger partial charge in [-0.1, -0.05) is 35.7 Å². The molecule has 0 aliphatic heterocycles. The van der Waals surface area contributed by atoms with Crippen LogP contribution < -0.4 is 29.6 Å². The fourth-order valence-electron chi connectivity index (χ4n) is 1.81. The molecule has 3 aromatic rings. The van der Waals surface area contributed by atoms with Gasteiger partial charge in [-0.15, -0.1) is 41.1 Å². The smallest absolute Gasteiger partial charge is 0.147 e. The first kappa shape index (κ1) is 10.7. The minimum Gasteiger partial charge on any atom is -0.147 e. The number of rotatable bonds is 0. The second-order valence-electron chi connectivity index (χ2n) is 3.46. The third-order valence-corrected chi connectivity index (χ3v) is 2.53. The third-order valence-electron chi connectivity index (χ3n) is 2.53. The van der Waals surface area contributed by atoms with Gasteiger partial charge in [0, 0.05) is 0 Å². The number of fused-ring (bicyclic) bond motifs is 2. The quantitative estimate of drug-likeness (QED) is 0.286. The Labute approximate surface area is 111 Å². The van der Waals surface area contributed by atoms with Gasteiger partial charge >= 0.3 is 29.6 Å². The molecule has 0 fully saturated rings. The second kappa shape index (κ2) is 4.36. The molecule has 0 N–H and O–H groups in total. The van der Waals surface area contributed by atoms with E-state index in [0.29, 0.717) is 0 Å². The summed E-state index contributed by atoms with van der Waals surface area (Å²) >= 11 is 0. The number of hydrogen-bond acceptors (Lipinski definition) is 0. The van der Waals surface area contributed by atoms with E-state index in [1.54, 1.807) is 0 Å². The summed E-state index contributed by atoms with van der Waals surface area (Å²) in [6.45, 7) is 0. The first-order chi connectivity index (χ1) is 6.93. The summed E-state index contributed by atoms with van der Waals surface area (Å²) < 4.78 is 0. The molecule has 0 amide bonds. The Kier molecular flexibility index (Phi) is 3.11. The van der Waals surface area contributed by atoms with E-state index in [4.69, 9.17) is 0 Å². The van der Waals surface area contributed by atoms with E-state index in [9.17, 15) is 0 Å². The molecule has 0 saturated heterocycles. The van der Waals surface area contributed by atoms with Gasteiger partial charge in [0.2, 0.25) is 0 Å². The summed E-state index contributed by atoms with van der Waals surface area (Å²) in [6.07, 6.45) is 0. The summed E-state index contributed by atoms with van der Waals surface area (Å²) in [7, 11) is 0. The Morgan fingerprint density at radius 3 is 2.20 bits per heavy atom. The molecule has 0 spiro atoms. The maximum Gasteiger partial charge on any atom is 1.00 e. The van der Waals surface area contributed by atoms with E-state index in [1.807, 2.05) is 12.1 Å². The van der Waals surface area contributed by atoms with Crippen LogP contribution in [0.1, 0.15) is 0 Å². The van der Waals surface area contributed by atoms with E-state index < -0.39 is 0 Å². The van der Waals surface area contributed by atoms with E-state index in [1.165, 1.54) is 21.5 Å². The summed E-state index contributed by atoms with van der Waals surface area (Å²) in [4.78, 5) is 0. The van der Waals surface area contributed by atoms with Gasteiger partial charge in [-0.25, -0.2) is 0 Å². The van der Waals surface area contributed by atoms with Crippen LogP contribution in [-0.4, -0.2) is 0 Å². The molecule has 1 heteroatoms. The average molecular weight is 200 g/mol. The van der Waals surface area contributed by atoms with E-state index in [2.05, 4.69) is 48.5 Å². The van der Waals surface area contributed by atoms with Gasteiger partial charge in [0.1, 0.15) is 0 Å². The molecule has 0 unspecified atom stereocenters. The monoisotopic (exact) mass is 200 g/mol. The molecule has 66 valence electrons. The van der Waals surface area contributed by atoms with Crippen molar-refractivity contribution in [2.45, 2.75) is 0 Å². The fraction of sp³-hybridized carbons (Fsp3) is 0. The van der Waals surface area contributed by atoms with Gasteiger partial charge in [0.25, 0.3) is 0 Å². The van der Waals surface area contributed by atoms with Crippen molar-refractivity contribution >= 4 is 21.5 Å². The van der Waals surface area contributed by atoms with Crippen molar-refractivity contribution < 1.29 is 29.6 Å². The van der Waals surface area contributed by atoms with Crippen molar-refractivity contribution in [1.82, 2.24) is 0 Å². The van der Waals surface area contributed by atoms with Crippen LogP contribution in [0.5, 0.6) is 0 Å². The summed E-state index contributed by atoms with van der Waals surface area (Å²) in [5.41, 5.74) is 0. The van der Waals surface area contributed by atoms with Crippen molar-refractivity contribution in [1.29, 1.82) is 0 Å². The van der Waals surface area contributed by atoms with Crippen molar-refractivity contribution in [2.24, 2.45) is 0 Å². The molecule has 15 heavy (non-hydrogen) atoms. The van der Waals surface area contributed by atoms with E-state index in [0.717, 1.165) is 0 Å². The Bertz CT molecular complexity index is 494. The molecule has 3 rings (SSSR count). The van der Waals surface area contributed by atoms with Crippen molar-refractivity contribution in [3.63, 3.8) is 0 Å². The molecule has 0 atom stereocenters. The van der Waals surface area contributed by atoms with E-state index in [-0.39, 0.29) is 29.6 Å². The van der Waals surface area contributed by atoms with Gasteiger partial charge in [0.15, 0.2) is 0 Å². The molecule has 0 radical (unpaired) electrons. The molecular weight excluding hydrogens is 191 g/mol. The van der Waals surface area contributed by atoms with Crippen LogP contribution in [0.15, 0.2) is 54.6 Å². The second-order valence-corrected chi connectivity index (χ2v) is 3.46. The maximum absolute atomic E-state index is 3.24. The van der Waals surface area contributed by atoms with Gasteiger partial charge in [-0.2, -0.15) is 0 Å². The number of hydrogen-bond donors (Lipinski definition) is 0. The zero-order chi connectivity index (χ0) is 9.38. The van der Waals surface area contributed by atoms with E-state index >= 15 is 0 Å². The van der Waals surface area contributed by atoms with Crippen LogP contribution in [0.4, 0.5) is 0 Å². The molecule has 0 saturated carbocycles. The van der Waals surface area contributed by atoms with Crippen LogP contribution in [0.25, 0.3) is 21.5 Å². The van der Waals surface area contributed by atoms with Crippen LogP contribution >= 0.6 is 0 Å². The zero-order valence-corrected chi connectivity index (χ0v) is 10.7. The standard InChI is InChI=1S/C14H9.Na/c1-2-6-12-10-14-8-4-3-7-13(14)9-11(12)5-1;/h1-7,9-10H;/q-1;+1. The Balaban J connectivity index is 0.000000853. The maximum atomic E-state index is 3.24. The molecule has 0 bridgehead atoms.